The number of hydrogen-bond acceptors (Lipinski definition) is 5. The molecule has 23 heavy (non-hydrogen) atoms. The summed E-state index contributed by atoms with van der Waals surface area (Å²) in [5, 5.41) is 0. The van der Waals surface area contributed by atoms with Gasteiger partial charge in [-0.1, -0.05) is 0 Å². The lowest BCUT2D eigenvalue weighted by Gasteiger charge is -2.35. The van der Waals surface area contributed by atoms with E-state index in [9.17, 15) is 13.2 Å². The molecule has 1 fully saturated rings. The van der Waals surface area contributed by atoms with Crippen LogP contribution in [0.15, 0.2) is 28.3 Å². The average molecular weight is 338 g/mol. The number of nitrogens with two attached hydrogens (primary N) is 1. The quantitative estimate of drug-likeness (QED) is 0.769. The van der Waals surface area contributed by atoms with Crippen molar-refractivity contribution in [3.05, 3.63) is 23.9 Å². The van der Waals surface area contributed by atoms with Crippen molar-refractivity contribution in [2.45, 2.75) is 25.8 Å². The summed E-state index contributed by atoms with van der Waals surface area (Å²) < 4.78 is 26.7. The van der Waals surface area contributed by atoms with Crippen molar-refractivity contribution in [1.29, 1.82) is 0 Å². The first kappa shape index (κ1) is 16.2. The lowest BCUT2D eigenvalue weighted by atomic mass is 9.92. The highest BCUT2D eigenvalue weighted by atomic mass is 32.2. The number of nitrogens with zero attached hydrogens (tertiary/aromatic N) is 3. The zero-order chi connectivity index (χ0) is 16.6. The van der Waals surface area contributed by atoms with Crippen molar-refractivity contribution in [3.8, 4) is 0 Å². The number of fused-ring (bicyclic) bond motifs is 1. The number of piperidine rings is 1. The zero-order valence-electron chi connectivity index (χ0n) is 13.2. The summed E-state index contributed by atoms with van der Waals surface area (Å²) in [7, 11) is -3.37. The molecule has 1 saturated heterocycles. The molecule has 0 bridgehead atoms. The Morgan fingerprint density at radius 2 is 2.17 bits per heavy atom. The maximum absolute atomic E-state index is 12.7. The van der Waals surface area contributed by atoms with Crippen molar-refractivity contribution < 1.29 is 13.2 Å². The summed E-state index contributed by atoms with van der Waals surface area (Å²) in [6.07, 6.45) is 6.96. The van der Waals surface area contributed by atoms with Gasteiger partial charge in [-0.2, -0.15) is 0 Å². The van der Waals surface area contributed by atoms with Gasteiger partial charge in [0, 0.05) is 31.9 Å². The maximum Gasteiger partial charge on any atom is 0.256 e. The number of carbonyl (C=O) groups is 1. The smallest absolute Gasteiger partial charge is 0.256 e. The second-order valence-corrected chi connectivity index (χ2v) is 8.11. The van der Waals surface area contributed by atoms with Crippen LogP contribution in [0.2, 0.25) is 0 Å². The van der Waals surface area contributed by atoms with E-state index >= 15 is 0 Å². The van der Waals surface area contributed by atoms with Gasteiger partial charge < -0.3 is 15.5 Å². The van der Waals surface area contributed by atoms with Gasteiger partial charge in [-0.3, -0.25) is 4.79 Å². The molecule has 0 aromatic heterocycles. The Hall–Kier alpha value is -1.67. The Bertz CT molecular complexity index is 694. The third-order valence-electron chi connectivity index (χ3n) is 4.56. The van der Waals surface area contributed by atoms with Crippen molar-refractivity contribution in [1.82, 2.24) is 9.80 Å². The summed E-state index contributed by atoms with van der Waals surface area (Å²) in [4.78, 5) is 16.3. The van der Waals surface area contributed by atoms with Gasteiger partial charge in [0.25, 0.3) is 15.9 Å². The predicted molar refractivity (Wildman–Crippen MR) is 88.1 cm³/mol. The second-order valence-electron chi connectivity index (χ2n) is 6.36. The topological polar surface area (TPSA) is 96.1 Å². The van der Waals surface area contributed by atoms with E-state index in [1.807, 2.05) is 11.8 Å². The lowest BCUT2D eigenvalue weighted by molar-refractivity contribution is -0.128. The Labute approximate surface area is 136 Å². The summed E-state index contributed by atoms with van der Waals surface area (Å²) in [6.45, 7) is 3.72. The highest BCUT2D eigenvalue weighted by Crippen LogP contribution is 2.22. The molecule has 2 atom stereocenters. The van der Waals surface area contributed by atoms with E-state index in [-0.39, 0.29) is 17.7 Å². The summed E-state index contributed by atoms with van der Waals surface area (Å²) in [6, 6.07) is 0.0764. The van der Waals surface area contributed by atoms with Crippen molar-refractivity contribution >= 4 is 21.8 Å². The second kappa shape index (κ2) is 6.09. The van der Waals surface area contributed by atoms with Gasteiger partial charge in [0.1, 0.15) is 5.84 Å². The van der Waals surface area contributed by atoms with Crippen molar-refractivity contribution in [2.24, 2.45) is 16.0 Å². The Morgan fingerprint density at radius 3 is 2.91 bits per heavy atom. The number of amidine groups is 1. The number of likely N-dealkylation sites (tertiary alicyclic amines) is 1. The fourth-order valence-corrected chi connectivity index (χ4v) is 4.10. The lowest BCUT2D eigenvalue weighted by Crippen LogP contribution is -2.46. The summed E-state index contributed by atoms with van der Waals surface area (Å²) in [5.74, 6) is 0.649. The average Bonchev–Trinajstić information content (AvgIpc) is 2.53. The van der Waals surface area contributed by atoms with Crippen LogP contribution in [0.1, 0.15) is 19.8 Å². The molecule has 3 heterocycles. The largest absolute Gasteiger partial charge is 0.338 e. The van der Waals surface area contributed by atoms with Crippen LogP contribution in [0.3, 0.4) is 0 Å². The first-order valence-corrected chi connectivity index (χ1v) is 9.51. The molecule has 2 N–H and O–H groups in total. The minimum absolute atomic E-state index is 0.0286. The predicted octanol–water partition coefficient (Wildman–Crippen LogP) is 0.0698. The third-order valence-corrected chi connectivity index (χ3v) is 5.72. The fourth-order valence-electron chi connectivity index (χ4n) is 3.13. The van der Waals surface area contributed by atoms with Crippen molar-refractivity contribution in [3.63, 3.8) is 0 Å². The van der Waals surface area contributed by atoms with E-state index in [1.165, 1.54) is 0 Å². The zero-order valence-corrected chi connectivity index (χ0v) is 14.0. The van der Waals surface area contributed by atoms with E-state index < -0.39 is 10.0 Å². The minimum atomic E-state index is -3.37. The molecule has 126 valence electrons. The van der Waals surface area contributed by atoms with Crippen LogP contribution in [0.25, 0.3) is 0 Å². The minimum Gasteiger partial charge on any atom is -0.338 e. The molecular formula is C15H22N4O3S. The van der Waals surface area contributed by atoms with E-state index in [1.54, 1.807) is 23.3 Å². The maximum atomic E-state index is 12.7. The first-order chi connectivity index (χ1) is 10.9. The molecule has 2 unspecified atom stereocenters. The Balaban J connectivity index is 1.75. The van der Waals surface area contributed by atoms with Gasteiger partial charge in [-0.05, 0) is 37.8 Å². The number of rotatable bonds is 2. The molecule has 0 radical (unpaired) electrons. The number of carbonyl (C=O) groups excluding carboxylic acids is 1. The molecule has 7 nitrogen and oxygen atoms in total. The Morgan fingerprint density at radius 1 is 1.39 bits per heavy atom. The molecule has 8 heteroatoms. The van der Waals surface area contributed by atoms with E-state index in [4.69, 9.17) is 5.73 Å². The molecule has 0 aromatic carbocycles. The van der Waals surface area contributed by atoms with Gasteiger partial charge in [-0.15, -0.1) is 4.40 Å². The van der Waals surface area contributed by atoms with Crippen LogP contribution in [0, 0.1) is 5.92 Å². The van der Waals surface area contributed by atoms with Crippen LogP contribution in [-0.4, -0.2) is 61.4 Å². The van der Waals surface area contributed by atoms with E-state index in [0.717, 1.165) is 19.4 Å². The molecule has 3 rings (SSSR count). The van der Waals surface area contributed by atoms with Crippen LogP contribution < -0.4 is 5.73 Å². The highest BCUT2D eigenvalue weighted by Gasteiger charge is 2.29. The standard InChI is InChI=1S/C15H22N4O3S/c1-11(16)12-3-2-6-19(9-12)15(20)13-4-5-14-17-23(21,22)8-7-18(14)10-13/h4-5,10-12H,2-3,6-9,16H2,1H3. The fraction of sp³-hybridized carbons (Fsp3) is 0.600. The summed E-state index contributed by atoms with van der Waals surface area (Å²) in [5.41, 5.74) is 6.54. The van der Waals surface area contributed by atoms with E-state index in [0.29, 0.717) is 30.4 Å². The number of sulfonamides is 1. The van der Waals surface area contributed by atoms with Gasteiger partial charge in [0.2, 0.25) is 0 Å². The van der Waals surface area contributed by atoms with E-state index in [2.05, 4.69) is 4.40 Å². The molecule has 3 aliphatic heterocycles. The number of hydrogen-bond donors (Lipinski definition) is 1. The molecular weight excluding hydrogens is 316 g/mol. The van der Waals surface area contributed by atoms with Gasteiger partial charge in [-0.25, -0.2) is 8.42 Å². The molecule has 0 saturated carbocycles. The van der Waals surface area contributed by atoms with Gasteiger partial charge in [0.05, 0.1) is 11.3 Å². The summed E-state index contributed by atoms with van der Waals surface area (Å²) >= 11 is 0. The molecule has 0 spiro atoms. The normalized spacial score (nSPS) is 27.8. The van der Waals surface area contributed by atoms with Crippen LogP contribution in [0.5, 0.6) is 0 Å². The van der Waals surface area contributed by atoms with Crippen LogP contribution in [0.4, 0.5) is 0 Å². The Kier molecular flexibility index (Phi) is 4.29. The molecule has 1 amide bonds. The van der Waals surface area contributed by atoms with Crippen LogP contribution in [-0.2, 0) is 14.8 Å². The van der Waals surface area contributed by atoms with Gasteiger partial charge >= 0.3 is 0 Å². The number of amides is 1. The first-order valence-electron chi connectivity index (χ1n) is 7.90. The monoisotopic (exact) mass is 338 g/mol. The van der Waals surface area contributed by atoms with Crippen LogP contribution >= 0.6 is 0 Å². The van der Waals surface area contributed by atoms with Gasteiger partial charge in [0.15, 0.2) is 0 Å². The van der Waals surface area contributed by atoms with Crippen molar-refractivity contribution in [2.75, 3.05) is 25.4 Å². The SMILES string of the molecule is CC(N)C1CCCN(C(=O)C2=CN3CCS(=O)(=O)N=C3C=C2)C1. The molecule has 0 aromatic rings. The third kappa shape index (κ3) is 3.48. The molecule has 3 aliphatic rings. The highest BCUT2D eigenvalue weighted by molar-refractivity contribution is 7.90. The molecule has 0 aliphatic carbocycles.